The molecule has 10 atom stereocenters. The number of hydrogen-bond donors (Lipinski definition) is 3. The van der Waals surface area contributed by atoms with E-state index in [-0.39, 0.29) is 65.4 Å². The van der Waals surface area contributed by atoms with Crippen LogP contribution in [0, 0.1) is 5.92 Å². The number of hydrogen-bond acceptors (Lipinski definition) is 7. The zero-order chi connectivity index (χ0) is 22.7. The van der Waals surface area contributed by atoms with Crippen LogP contribution in [0.15, 0.2) is 0 Å². The van der Waals surface area contributed by atoms with Crippen LogP contribution in [0.1, 0.15) is 55.4 Å². The summed E-state index contributed by atoms with van der Waals surface area (Å²) in [5.74, 6) is 0.833. The number of ether oxygens (including phenoxy) is 4. The Morgan fingerprint density at radius 2 is 1.23 bits per heavy atom. The Hall–Kier alpha value is 1.85. The normalized spacial score (nSPS) is 40.8. The van der Waals surface area contributed by atoms with Gasteiger partial charge in [-0.05, 0) is 40.5 Å². The van der Waals surface area contributed by atoms with E-state index in [1.807, 2.05) is 20.8 Å². The molecule has 2 saturated heterocycles. The van der Waals surface area contributed by atoms with Crippen LogP contribution in [0.25, 0.3) is 11.5 Å². The van der Waals surface area contributed by atoms with Crippen molar-refractivity contribution in [3.63, 3.8) is 0 Å². The fourth-order valence-electron chi connectivity index (χ4n) is 3.09. The first-order chi connectivity index (χ1) is 13.2. The van der Waals surface area contributed by atoms with E-state index in [4.69, 9.17) is 30.4 Å². The minimum absolute atomic E-state index is 0. The summed E-state index contributed by atoms with van der Waals surface area (Å²) >= 11 is 0. The first kappa shape index (κ1) is 35.0. The molecule has 0 aromatic rings. The summed E-state index contributed by atoms with van der Waals surface area (Å²) in [7, 11) is 0. The molecule has 2 aliphatic heterocycles. The SMILES string of the molecule is CC(C)C.CC1OC(O)C([NH-])C(O)C1OC1OC(C)C(OC(C)(C)C)C(O)C1[NH-].[Y].[Y]. The maximum absolute atomic E-state index is 10.5. The largest absolute Gasteiger partial charge is 0.668 e. The van der Waals surface area contributed by atoms with Crippen LogP contribution in [-0.4, -0.2) is 82.2 Å². The van der Waals surface area contributed by atoms with Crippen molar-refractivity contribution in [1.29, 1.82) is 0 Å². The van der Waals surface area contributed by atoms with Crippen molar-refractivity contribution < 1.29 is 99.7 Å². The molecule has 0 aromatic carbocycles. The summed E-state index contributed by atoms with van der Waals surface area (Å²) in [6.45, 7) is 15.4. The van der Waals surface area contributed by atoms with Gasteiger partial charge < -0.3 is 45.7 Å². The molecule has 2 rings (SSSR count). The molecule has 5 N–H and O–H groups in total. The van der Waals surface area contributed by atoms with Crippen LogP contribution in [0.4, 0.5) is 0 Å². The summed E-state index contributed by atoms with van der Waals surface area (Å²) in [5.41, 5.74) is 15.4. The van der Waals surface area contributed by atoms with Crippen molar-refractivity contribution in [3.05, 3.63) is 11.5 Å². The maximum Gasteiger partial charge on any atom is 0.145 e. The van der Waals surface area contributed by atoms with Gasteiger partial charge in [-0.2, -0.15) is 0 Å². The fourth-order valence-corrected chi connectivity index (χ4v) is 3.09. The molecule has 9 nitrogen and oxygen atoms in total. The van der Waals surface area contributed by atoms with Gasteiger partial charge in [0.25, 0.3) is 0 Å². The molecule has 2 fully saturated rings. The van der Waals surface area contributed by atoms with Crippen LogP contribution in [0.3, 0.4) is 0 Å². The number of aliphatic hydroxyl groups is 3. The molecule has 2 radical (unpaired) electrons. The maximum atomic E-state index is 10.5. The average Bonchev–Trinajstić information content (AvgIpc) is 2.56. The van der Waals surface area contributed by atoms with Gasteiger partial charge in [-0.15, -0.1) is 0 Å². The summed E-state index contributed by atoms with van der Waals surface area (Å²) in [6, 6.07) is -2.44. The van der Waals surface area contributed by atoms with Crippen molar-refractivity contribution in [3.8, 4) is 0 Å². The van der Waals surface area contributed by atoms with Gasteiger partial charge in [-0.25, -0.2) is 0 Å². The van der Waals surface area contributed by atoms with Gasteiger partial charge in [0, 0.05) is 65.4 Å². The third kappa shape index (κ3) is 11.0. The Morgan fingerprint density at radius 1 is 0.806 bits per heavy atom. The topological polar surface area (TPSA) is 145 Å². The van der Waals surface area contributed by atoms with Gasteiger partial charge in [0.2, 0.25) is 0 Å². The van der Waals surface area contributed by atoms with E-state index in [2.05, 4.69) is 20.8 Å². The third-order valence-electron chi connectivity index (χ3n) is 4.42. The molecule has 0 saturated carbocycles. The standard InChI is InChI=1S/C16H30N2O7.C4H10.2Y/c1-6-12(10(19)8(17)14(21)22-6)24-15-9(18)11(20)13(7(2)23-15)25-16(3,4)5;1-4(2)3;;/h6-15,17-21H,1-5H3;4H,1-3H3;;/q-2;;;. The monoisotopic (exact) mass is 598 g/mol. The van der Waals surface area contributed by atoms with E-state index in [0.717, 1.165) is 5.92 Å². The van der Waals surface area contributed by atoms with Crippen molar-refractivity contribution in [2.24, 2.45) is 5.92 Å². The van der Waals surface area contributed by atoms with Gasteiger partial charge in [-0.1, -0.05) is 32.9 Å². The number of nitrogens with one attached hydrogen (secondary N) is 2. The summed E-state index contributed by atoms with van der Waals surface area (Å²) in [4.78, 5) is 0. The fraction of sp³-hybridized carbons (Fsp3) is 1.00. The van der Waals surface area contributed by atoms with Crippen molar-refractivity contribution in [1.82, 2.24) is 0 Å². The molecule has 0 amide bonds. The molecule has 2 heterocycles. The molecule has 11 heteroatoms. The van der Waals surface area contributed by atoms with Gasteiger partial charge in [0.1, 0.15) is 24.8 Å². The number of aliphatic hydroxyl groups excluding tert-OH is 3. The van der Waals surface area contributed by atoms with Crippen LogP contribution in [0.2, 0.25) is 0 Å². The molecule has 180 valence electrons. The third-order valence-corrected chi connectivity index (χ3v) is 4.42. The number of rotatable bonds is 3. The predicted octanol–water partition coefficient (Wildman–Crippen LogP) is 2.26. The van der Waals surface area contributed by atoms with E-state index >= 15 is 0 Å². The van der Waals surface area contributed by atoms with E-state index < -0.39 is 66.9 Å². The second-order valence-electron chi connectivity index (χ2n) is 9.50. The first-order valence-electron chi connectivity index (χ1n) is 10.3. The van der Waals surface area contributed by atoms with Gasteiger partial charge in [-0.3, -0.25) is 0 Å². The molecule has 0 spiro atoms. The molecule has 2 aliphatic rings. The van der Waals surface area contributed by atoms with Crippen molar-refractivity contribution in [2.75, 3.05) is 0 Å². The minimum Gasteiger partial charge on any atom is -0.668 e. The molecular weight excluding hydrogens is 558 g/mol. The van der Waals surface area contributed by atoms with Crippen LogP contribution >= 0.6 is 0 Å². The van der Waals surface area contributed by atoms with Crippen LogP contribution in [0.5, 0.6) is 0 Å². The summed E-state index contributed by atoms with van der Waals surface area (Å²) in [6.07, 6.45) is -7.82. The molecule has 0 aromatic heterocycles. The van der Waals surface area contributed by atoms with E-state index in [1.165, 1.54) is 0 Å². The van der Waals surface area contributed by atoms with E-state index in [1.54, 1.807) is 13.8 Å². The molecular formula is C20H40N2O7Y2-2. The Balaban J connectivity index is 0. The average molecular weight is 598 g/mol. The summed E-state index contributed by atoms with van der Waals surface area (Å²) in [5, 5.41) is 30.2. The first-order valence-corrected chi connectivity index (χ1v) is 10.3. The molecule has 10 unspecified atom stereocenters. The second kappa shape index (κ2) is 15.1. The van der Waals surface area contributed by atoms with E-state index in [9.17, 15) is 15.3 Å². The van der Waals surface area contributed by atoms with Gasteiger partial charge in [0.05, 0.1) is 30.0 Å². The molecule has 0 bridgehead atoms. The Labute approximate surface area is 237 Å². The smallest absolute Gasteiger partial charge is 0.145 e. The zero-order valence-electron chi connectivity index (χ0n) is 20.0. The Bertz CT molecular complexity index is 496. The molecule has 31 heavy (non-hydrogen) atoms. The summed E-state index contributed by atoms with van der Waals surface area (Å²) < 4.78 is 22.4. The van der Waals surface area contributed by atoms with Crippen LogP contribution < -0.4 is 0 Å². The van der Waals surface area contributed by atoms with Crippen molar-refractivity contribution >= 4 is 0 Å². The van der Waals surface area contributed by atoms with Gasteiger partial charge >= 0.3 is 0 Å². The quantitative estimate of drug-likeness (QED) is 0.452. The minimum atomic E-state index is -1.40. The predicted molar refractivity (Wildman–Crippen MR) is 109 cm³/mol. The molecule has 0 aliphatic carbocycles. The Kier molecular flexibility index (Phi) is 17.0. The second-order valence-corrected chi connectivity index (χ2v) is 9.50. The van der Waals surface area contributed by atoms with Crippen LogP contribution in [-0.2, 0) is 84.4 Å². The van der Waals surface area contributed by atoms with E-state index in [0.29, 0.717) is 0 Å². The van der Waals surface area contributed by atoms with Crippen molar-refractivity contribution in [2.45, 2.75) is 122 Å². The van der Waals surface area contributed by atoms with Gasteiger partial charge in [0.15, 0.2) is 0 Å². The Morgan fingerprint density at radius 3 is 1.68 bits per heavy atom. The zero-order valence-corrected chi connectivity index (χ0v) is 25.7.